The standard InChI is InChI=1S/C13H14F6N2O2.ClH/c1-23-3-2-20-7-11(22)21-10-5-8(12(14,15)16)4-9(6-10)13(17,18)19;/h4-6,20H,2-3,7H2,1H3,(H,21,22);1H. The fourth-order valence-corrected chi connectivity index (χ4v) is 1.61. The van der Waals surface area contributed by atoms with E-state index in [9.17, 15) is 31.1 Å². The Hall–Kier alpha value is -1.52. The number of methoxy groups -OCH3 is 1. The minimum absolute atomic E-state index is 0. The lowest BCUT2D eigenvalue weighted by Crippen LogP contribution is -2.30. The molecule has 0 aromatic heterocycles. The maximum absolute atomic E-state index is 12.7. The Balaban J connectivity index is 0.00000529. The van der Waals surface area contributed by atoms with Crippen LogP contribution in [0, 0.1) is 0 Å². The van der Waals surface area contributed by atoms with Crippen molar-refractivity contribution in [3.63, 3.8) is 0 Å². The molecule has 0 spiro atoms. The first-order valence-electron chi connectivity index (χ1n) is 6.33. The molecule has 4 nitrogen and oxygen atoms in total. The molecule has 1 amide bonds. The van der Waals surface area contributed by atoms with Gasteiger partial charge in [0.1, 0.15) is 0 Å². The highest BCUT2D eigenvalue weighted by Crippen LogP contribution is 2.37. The van der Waals surface area contributed by atoms with E-state index in [-0.39, 0.29) is 25.0 Å². The summed E-state index contributed by atoms with van der Waals surface area (Å²) in [6, 6.07) is 0.886. The Morgan fingerprint density at radius 2 is 1.54 bits per heavy atom. The molecule has 0 aliphatic rings. The van der Waals surface area contributed by atoms with Gasteiger partial charge in [-0.1, -0.05) is 0 Å². The summed E-state index contributed by atoms with van der Waals surface area (Å²) in [5.41, 5.74) is -3.56. The summed E-state index contributed by atoms with van der Waals surface area (Å²) in [6.45, 7) is 0.330. The lowest BCUT2D eigenvalue weighted by molar-refractivity contribution is -0.143. The van der Waals surface area contributed by atoms with Gasteiger partial charge in [0.2, 0.25) is 5.91 Å². The number of amides is 1. The molecule has 0 radical (unpaired) electrons. The highest BCUT2D eigenvalue weighted by Gasteiger charge is 2.37. The topological polar surface area (TPSA) is 50.4 Å². The van der Waals surface area contributed by atoms with E-state index in [0.29, 0.717) is 25.3 Å². The zero-order chi connectivity index (χ0) is 17.7. The second kappa shape index (κ2) is 9.09. The molecule has 2 N–H and O–H groups in total. The normalized spacial score (nSPS) is 11.8. The van der Waals surface area contributed by atoms with E-state index in [2.05, 4.69) is 5.32 Å². The Bertz CT molecular complexity index is 516. The lowest BCUT2D eigenvalue weighted by Gasteiger charge is -2.15. The summed E-state index contributed by atoms with van der Waals surface area (Å²) >= 11 is 0. The van der Waals surface area contributed by atoms with Crippen molar-refractivity contribution < 1.29 is 35.9 Å². The van der Waals surface area contributed by atoms with Gasteiger partial charge in [-0.05, 0) is 18.2 Å². The van der Waals surface area contributed by atoms with Crippen LogP contribution in [0.5, 0.6) is 0 Å². The summed E-state index contributed by atoms with van der Waals surface area (Å²) in [5, 5.41) is 4.62. The number of halogens is 7. The molecule has 24 heavy (non-hydrogen) atoms. The number of anilines is 1. The van der Waals surface area contributed by atoms with Crippen molar-refractivity contribution >= 4 is 24.0 Å². The number of hydrogen-bond acceptors (Lipinski definition) is 3. The quantitative estimate of drug-likeness (QED) is 0.588. The van der Waals surface area contributed by atoms with Crippen molar-refractivity contribution in [3.05, 3.63) is 29.3 Å². The molecule has 0 bridgehead atoms. The number of rotatable bonds is 6. The van der Waals surface area contributed by atoms with Crippen molar-refractivity contribution in [3.8, 4) is 0 Å². The number of ether oxygens (including phenoxy) is 1. The number of carbonyl (C=O) groups excluding carboxylic acids is 1. The average Bonchev–Trinajstić information content (AvgIpc) is 2.41. The van der Waals surface area contributed by atoms with Crippen LogP contribution in [-0.2, 0) is 21.9 Å². The third-order valence-corrected chi connectivity index (χ3v) is 2.64. The molecule has 0 saturated heterocycles. The highest BCUT2D eigenvalue weighted by atomic mass is 35.5. The molecule has 1 aromatic carbocycles. The predicted molar refractivity (Wildman–Crippen MR) is 77.1 cm³/mol. The first kappa shape index (κ1) is 22.5. The molecular weight excluding hydrogens is 366 g/mol. The van der Waals surface area contributed by atoms with Gasteiger partial charge in [0.15, 0.2) is 0 Å². The Morgan fingerprint density at radius 1 is 1.04 bits per heavy atom. The molecule has 0 saturated carbocycles. The van der Waals surface area contributed by atoms with Crippen molar-refractivity contribution in [1.82, 2.24) is 5.32 Å². The van der Waals surface area contributed by atoms with Gasteiger partial charge in [-0.3, -0.25) is 4.79 Å². The fraction of sp³-hybridized carbons (Fsp3) is 0.462. The number of carbonyl (C=O) groups is 1. The lowest BCUT2D eigenvalue weighted by atomic mass is 10.1. The fourth-order valence-electron chi connectivity index (χ4n) is 1.61. The molecule has 0 heterocycles. The van der Waals surface area contributed by atoms with Crippen LogP contribution < -0.4 is 10.6 Å². The van der Waals surface area contributed by atoms with Gasteiger partial charge in [0.05, 0.1) is 24.3 Å². The van der Waals surface area contributed by atoms with Crippen molar-refractivity contribution in [2.45, 2.75) is 12.4 Å². The Morgan fingerprint density at radius 3 is 1.96 bits per heavy atom. The van der Waals surface area contributed by atoms with Crippen molar-refractivity contribution in [1.29, 1.82) is 0 Å². The van der Waals surface area contributed by atoms with Gasteiger partial charge in [-0.2, -0.15) is 26.3 Å². The van der Waals surface area contributed by atoms with Crippen LogP contribution in [0.4, 0.5) is 32.0 Å². The van der Waals surface area contributed by atoms with Crippen LogP contribution in [0.2, 0.25) is 0 Å². The smallest absolute Gasteiger partial charge is 0.383 e. The summed E-state index contributed by atoms with van der Waals surface area (Å²) in [6.07, 6.45) is -9.92. The van der Waals surface area contributed by atoms with Crippen LogP contribution in [0.1, 0.15) is 11.1 Å². The van der Waals surface area contributed by atoms with E-state index in [1.807, 2.05) is 5.32 Å². The molecule has 11 heteroatoms. The largest absolute Gasteiger partial charge is 0.416 e. The Kier molecular flexibility index (Phi) is 8.52. The molecule has 0 unspecified atom stereocenters. The van der Waals surface area contributed by atoms with Crippen LogP contribution in [0.15, 0.2) is 18.2 Å². The molecule has 1 rings (SSSR count). The van der Waals surface area contributed by atoms with E-state index in [1.165, 1.54) is 7.11 Å². The van der Waals surface area contributed by atoms with E-state index >= 15 is 0 Å². The van der Waals surface area contributed by atoms with E-state index in [0.717, 1.165) is 0 Å². The highest BCUT2D eigenvalue weighted by molar-refractivity contribution is 5.92. The molecular formula is C13H15ClF6N2O2. The van der Waals surface area contributed by atoms with Gasteiger partial charge in [-0.15, -0.1) is 12.4 Å². The second-order valence-corrected chi connectivity index (χ2v) is 4.51. The SMILES string of the molecule is COCCNCC(=O)Nc1cc(C(F)(F)F)cc(C(F)(F)F)c1.Cl. The monoisotopic (exact) mass is 380 g/mol. The van der Waals surface area contributed by atoms with Crippen LogP contribution >= 0.6 is 12.4 Å². The van der Waals surface area contributed by atoms with E-state index < -0.39 is 35.1 Å². The maximum atomic E-state index is 12.7. The number of hydrogen-bond donors (Lipinski definition) is 2. The van der Waals surface area contributed by atoms with Gasteiger partial charge in [0.25, 0.3) is 0 Å². The maximum Gasteiger partial charge on any atom is 0.416 e. The summed E-state index contributed by atoms with van der Waals surface area (Å²) in [4.78, 5) is 11.5. The summed E-state index contributed by atoms with van der Waals surface area (Å²) in [5.74, 6) is -0.770. The molecule has 0 aliphatic heterocycles. The number of benzene rings is 1. The van der Waals surface area contributed by atoms with Crippen LogP contribution in [0.25, 0.3) is 0 Å². The van der Waals surface area contributed by atoms with Gasteiger partial charge >= 0.3 is 12.4 Å². The first-order chi connectivity index (χ1) is 10.5. The second-order valence-electron chi connectivity index (χ2n) is 4.51. The molecule has 0 atom stereocenters. The van der Waals surface area contributed by atoms with Gasteiger partial charge in [-0.25, -0.2) is 0 Å². The minimum atomic E-state index is -4.96. The average molecular weight is 381 g/mol. The van der Waals surface area contributed by atoms with Crippen molar-refractivity contribution in [2.75, 3.05) is 32.1 Å². The van der Waals surface area contributed by atoms with Crippen molar-refractivity contribution in [2.24, 2.45) is 0 Å². The van der Waals surface area contributed by atoms with Gasteiger partial charge < -0.3 is 15.4 Å². The third-order valence-electron chi connectivity index (χ3n) is 2.64. The molecule has 0 fully saturated rings. The zero-order valence-corrected chi connectivity index (χ0v) is 13.2. The molecule has 138 valence electrons. The summed E-state index contributed by atoms with van der Waals surface area (Å²) < 4.78 is 80.6. The molecule has 1 aromatic rings. The number of alkyl halides is 6. The third kappa shape index (κ3) is 7.37. The zero-order valence-electron chi connectivity index (χ0n) is 12.3. The Labute approximate surface area is 140 Å². The van der Waals surface area contributed by atoms with Gasteiger partial charge in [0, 0.05) is 19.3 Å². The minimum Gasteiger partial charge on any atom is -0.383 e. The molecule has 0 aliphatic carbocycles. The van der Waals surface area contributed by atoms with E-state index in [1.54, 1.807) is 0 Å². The first-order valence-corrected chi connectivity index (χ1v) is 6.33. The van der Waals surface area contributed by atoms with Crippen LogP contribution in [-0.4, -0.2) is 32.7 Å². The van der Waals surface area contributed by atoms with E-state index in [4.69, 9.17) is 4.74 Å². The predicted octanol–water partition coefficient (Wildman–Crippen LogP) is 3.32. The summed E-state index contributed by atoms with van der Waals surface area (Å²) in [7, 11) is 1.43. The number of nitrogens with one attached hydrogen (secondary N) is 2. The van der Waals surface area contributed by atoms with Crippen LogP contribution in [0.3, 0.4) is 0 Å².